The molecular formula is C17H27ClN2. The molecule has 1 aliphatic rings. The van der Waals surface area contributed by atoms with Crippen molar-refractivity contribution in [3.05, 3.63) is 28.8 Å². The molecule has 1 unspecified atom stereocenters. The second-order valence-corrected chi connectivity index (χ2v) is 6.62. The lowest BCUT2D eigenvalue weighted by Gasteiger charge is -2.21. The molecule has 0 aliphatic carbocycles. The standard InChI is InChI=1S/C17H27ClN2/c1-4-5-14-8-9-20(12-14)17-7-6-15(10-16(17)18)11-19-13(2)3/h6-7,10,13-14,19H,4-5,8-9,11-12H2,1-3H3. The van der Waals surface area contributed by atoms with Crippen LogP contribution < -0.4 is 10.2 Å². The van der Waals surface area contributed by atoms with Gasteiger partial charge in [0.2, 0.25) is 0 Å². The molecule has 1 atom stereocenters. The molecule has 1 aliphatic heterocycles. The number of hydrogen-bond donors (Lipinski definition) is 1. The smallest absolute Gasteiger partial charge is 0.0642 e. The van der Waals surface area contributed by atoms with Crippen LogP contribution in [0.15, 0.2) is 18.2 Å². The second-order valence-electron chi connectivity index (χ2n) is 6.21. The molecule has 0 radical (unpaired) electrons. The van der Waals surface area contributed by atoms with E-state index in [0.29, 0.717) is 6.04 Å². The number of rotatable bonds is 6. The Labute approximate surface area is 128 Å². The van der Waals surface area contributed by atoms with Crippen LogP contribution in [0.25, 0.3) is 0 Å². The van der Waals surface area contributed by atoms with E-state index in [0.717, 1.165) is 30.6 Å². The van der Waals surface area contributed by atoms with Gasteiger partial charge >= 0.3 is 0 Å². The molecule has 1 aromatic rings. The summed E-state index contributed by atoms with van der Waals surface area (Å²) >= 11 is 6.48. The lowest BCUT2D eigenvalue weighted by atomic mass is 10.0. The summed E-state index contributed by atoms with van der Waals surface area (Å²) < 4.78 is 0. The molecular weight excluding hydrogens is 268 g/mol. The van der Waals surface area contributed by atoms with Crippen molar-refractivity contribution in [3.8, 4) is 0 Å². The van der Waals surface area contributed by atoms with Crippen LogP contribution in [0.1, 0.15) is 45.6 Å². The van der Waals surface area contributed by atoms with Crippen LogP contribution in [0.4, 0.5) is 5.69 Å². The third-order valence-corrected chi connectivity index (χ3v) is 4.35. The lowest BCUT2D eigenvalue weighted by molar-refractivity contribution is 0.530. The van der Waals surface area contributed by atoms with Crippen LogP contribution in [0.5, 0.6) is 0 Å². The fourth-order valence-corrected chi connectivity index (χ4v) is 3.26. The van der Waals surface area contributed by atoms with Crippen molar-refractivity contribution in [3.63, 3.8) is 0 Å². The molecule has 0 saturated carbocycles. The van der Waals surface area contributed by atoms with Crippen LogP contribution in [0.2, 0.25) is 5.02 Å². The first-order valence-corrected chi connectivity index (χ1v) is 8.24. The van der Waals surface area contributed by atoms with Gasteiger partial charge in [-0.3, -0.25) is 0 Å². The SMILES string of the molecule is CCCC1CCN(c2ccc(CNC(C)C)cc2Cl)C1. The van der Waals surface area contributed by atoms with Gasteiger partial charge in [0.05, 0.1) is 10.7 Å². The zero-order chi connectivity index (χ0) is 14.5. The van der Waals surface area contributed by atoms with Gasteiger partial charge in [0.15, 0.2) is 0 Å². The molecule has 1 heterocycles. The van der Waals surface area contributed by atoms with Crippen molar-refractivity contribution < 1.29 is 0 Å². The van der Waals surface area contributed by atoms with Gasteiger partial charge in [-0.15, -0.1) is 0 Å². The maximum Gasteiger partial charge on any atom is 0.0642 e. The van der Waals surface area contributed by atoms with Gasteiger partial charge in [-0.2, -0.15) is 0 Å². The Morgan fingerprint density at radius 2 is 2.20 bits per heavy atom. The highest BCUT2D eigenvalue weighted by atomic mass is 35.5. The van der Waals surface area contributed by atoms with Crippen molar-refractivity contribution in [2.45, 2.75) is 52.6 Å². The van der Waals surface area contributed by atoms with Gasteiger partial charge in [0.1, 0.15) is 0 Å². The van der Waals surface area contributed by atoms with Gasteiger partial charge in [-0.1, -0.05) is 44.9 Å². The van der Waals surface area contributed by atoms with Crippen LogP contribution in [-0.2, 0) is 6.54 Å². The molecule has 0 aromatic heterocycles. The third kappa shape index (κ3) is 4.13. The van der Waals surface area contributed by atoms with E-state index in [4.69, 9.17) is 11.6 Å². The summed E-state index contributed by atoms with van der Waals surface area (Å²) in [6.45, 7) is 9.79. The average molecular weight is 295 g/mol. The Hall–Kier alpha value is -0.730. The summed E-state index contributed by atoms with van der Waals surface area (Å²) in [5, 5.41) is 4.32. The van der Waals surface area contributed by atoms with Gasteiger partial charge in [0, 0.05) is 25.7 Å². The highest BCUT2D eigenvalue weighted by Crippen LogP contribution is 2.32. The second kappa shape index (κ2) is 7.33. The van der Waals surface area contributed by atoms with Crippen molar-refractivity contribution in [2.75, 3.05) is 18.0 Å². The summed E-state index contributed by atoms with van der Waals surface area (Å²) in [5.41, 5.74) is 2.47. The summed E-state index contributed by atoms with van der Waals surface area (Å²) in [6, 6.07) is 7.00. The predicted octanol–water partition coefficient (Wildman–Crippen LogP) is 4.46. The van der Waals surface area contributed by atoms with E-state index in [1.165, 1.54) is 30.5 Å². The van der Waals surface area contributed by atoms with E-state index in [1.807, 2.05) is 0 Å². The number of hydrogen-bond acceptors (Lipinski definition) is 2. The zero-order valence-corrected chi connectivity index (χ0v) is 13.7. The number of nitrogens with zero attached hydrogens (tertiary/aromatic N) is 1. The first-order valence-electron chi connectivity index (χ1n) is 7.87. The zero-order valence-electron chi connectivity index (χ0n) is 13.0. The van der Waals surface area contributed by atoms with Crippen LogP contribution in [0.3, 0.4) is 0 Å². The molecule has 0 bridgehead atoms. The van der Waals surface area contributed by atoms with Crippen molar-refractivity contribution in [1.29, 1.82) is 0 Å². The van der Waals surface area contributed by atoms with Gasteiger partial charge in [-0.25, -0.2) is 0 Å². The van der Waals surface area contributed by atoms with E-state index in [2.05, 4.69) is 49.2 Å². The Morgan fingerprint density at radius 1 is 1.40 bits per heavy atom. The summed E-state index contributed by atoms with van der Waals surface area (Å²) in [4.78, 5) is 2.45. The largest absolute Gasteiger partial charge is 0.370 e. The van der Waals surface area contributed by atoms with E-state index in [9.17, 15) is 0 Å². The molecule has 1 saturated heterocycles. The first kappa shape index (κ1) is 15.7. The maximum atomic E-state index is 6.48. The van der Waals surface area contributed by atoms with Crippen LogP contribution in [0, 0.1) is 5.92 Å². The van der Waals surface area contributed by atoms with E-state index in [-0.39, 0.29) is 0 Å². The molecule has 112 valence electrons. The lowest BCUT2D eigenvalue weighted by Crippen LogP contribution is -2.22. The van der Waals surface area contributed by atoms with E-state index in [1.54, 1.807) is 0 Å². The monoisotopic (exact) mass is 294 g/mol. The molecule has 1 fully saturated rings. The fourth-order valence-electron chi connectivity index (χ4n) is 2.93. The molecule has 2 nitrogen and oxygen atoms in total. The molecule has 20 heavy (non-hydrogen) atoms. The molecule has 3 heteroatoms. The number of halogens is 1. The minimum Gasteiger partial charge on any atom is -0.370 e. The molecule has 1 aromatic carbocycles. The summed E-state index contributed by atoms with van der Waals surface area (Å²) in [6.07, 6.45) is 3.93. The molecule has 0 spiro atoms. The minimum atomic E-state index is 0.502. The van der Waals surface area contributed by atoms with Crippen molar-refractivity contribution in [2.24, 2.45) is 5.92 Å². The first-order chi connectivity index (χ1) is 9.60. The molecule has 0 amide bonds. The topological polar surface area (TPSA) is 15.3 Å². The van der Waals surface area contributed by atoms with Crippen LogP contribution in [-0.4, -0.2) is 19.1 Å². The van der Waals surface area contributed by atoms with Crippen LogP contribution >= 0.6 is 11.6 Å². The summed E-state index contributed by atoms with van der Waals surface area (Å²) in [7, 11) is 0. The van der Waals surface area contributed by atoms with E-state index < -0.39 is 0 Å². The third-order valence-electron chi connectivity index (χ3n) is 4.05. The maximum absolute atomic E-state index is 6.48. The van der Waals surface area contributed by atoms with Crippen molar-refractivity contribution >= 4 is 17.3 Å². The van der Waals surface area contributed by atoms with E-state index >= 15 is 0 Å². The number of anilines is 1. The van der Waals surface area contributed by atoms with Gasteiger partial charge in [0.25, 0.3) is 0 Å². The Bertz CT molecular complexity index is 431. The van der Waals surface area contributed by atoms with Gasteiger partial charge < -0.3 is 10.2 Å². The number of nitrogens with one attached hydrogen (secondary N) is 1. The highest BCUT2D eigenvalue weighted by Gasteiger charge is 2.23. The summed E-state index contributed by atoms with van der Waals surface area (Å²) in [5.74, 6) is 0.846. The predicted molar refractivity (Wildman–Crippen MR) is 88.7 cm³/mol. The minimum absolute atomic E-state index is 0.502. The Kier molecular flexibility index (Phi) is 5.74. The molecule has 2 rings (SSSR count). The normalized spacial score (nSPS) is 19.1. The average Bonchev–Trinajstić information content (AvgIpc) is 2.85. The highest BCUT2D eigenvalue weighted by molar-refractivity contribution is 6.33. The van der Waals surface area contributed by atoms with Gasteiger partial charge in [-0.05, 0) is 36.5 Å². The quantitative estimate of drug-likeness (QED) is 0.833. The van der Waals surface area contributed by atoms with Crippen molar-refractivity contribution in [1.82, 2.24) is 5.32 Å². The fraction of sp³-hybridized carbons (Fsp3) is 0.647. The Morgan fingerprint density at radius 3 is 2.85 bits per heavy atom. The Balaban J connectivity index is 1.99. The molecule has 1 N–H and O–H groups in total. The number of benzene rings is 1.